The maximum Gasteiger partial charge on any atom is 0.336 e. The summed E-state index contributed by atoms with van der Waals surface area (Å²) >= 11 is 0. The van der Waals surface area contributed by atoms with Crippen molar-refractivity contribution in [3.8, 4) is 17.2 Å². The lowest BCUT2D eigenvalue weighted by Gasteiger charge is -2.09. The monoisotopic (exact) mass is 431 g/mol. The largest absolute Gasteiger partial charge is 0.493 e. The lowest BCUT2D eigenvalue weighted by molar-refractivity contribution is -0.128. The van der Waals surface area contributed by atoms with E-state index in [1.807, 2.05) is 32.0 Å². The topological polar surface area (TPSA) is 73.9 Å². The molecule has 32 heavy (non-hydrogen) atoms. The minimum atomic E-state index is -0.535. The molecule has 0 atom stereocenters. The Morgan fingerprint density at radius 1 is 0.844 bits per heavy atom. The van der Waals surface area contributed by atoms with Crippen molar-refractivity contribution in [1.82, 2.24) is 0 Å². The first-order chi connectivity index (χ1) is 15.4. The smallest absolute Gasteiger partial charge is 0.336 e. The zero-order chi connectivity index (χ0) is 23.1. The number of amides is 1. The van der Waals surface area contributed by atoms with Crippen molar-refractivity contribution in [2.24, 2.45) is 0 Å². The lowest BCUT2D eigenvalue weighted by Crippen LogP contribution is -2.13. The Balaban J connectivity index is 1.60. The van der Waals surface area contributed by atoms with E-state index in [1.54, 1.807) is 62.8 Å². The molecule has 0 radical (unpaired) electrons. The number of methoxy groups -OCH3 is 2. The first-order valence-corrected chi connectivity index (χ1v) is 10.00. The average Bonchev–Trinajstić information content (AvgIpc) is 2.79. The van der Waals surface area contributed by atoms with Crippen LogP contribution in [0.25, 0.3) is 6.08 Å². The van der Waals surface area contributed by atoms with Crippen LogP contribution in [-0.4, -0.2) is 26.1 Å². The van der Waals surface area contributed by atoms with Crippen molar-refractivity contribution < 1.29 is 23.8 Å². The number of ether oxygens (including phenoxy) is 3. The van der Waals surface area contributed by atoms with E-state index >= 15 is 0 Å². The number of carbonyl (C=O) groups excluding carboxylic acids is 2. The molecular formula is C26H25NO5. The summed E-state index contributed by atoms with van der Waals surface area (Å²) in [7, 11) is 3.11. The van der Waals surface area contributed by atoms with Crippen LogP contribution in [0.15, 0.2) is 66.7 Å². The number of hydrogen-bond acceptors (Lipinski definition) is 5. The second kappa shape index (κ2) is 10.3. The van der Waals surface area contributed by atoms with Gasteiger partial charge in [-0.3, -0.25) is 4.79 Å². The van der Waals surface area contributed by atoms with Gasteiger partial charge in [-0.1, -0.05) is 23.8 Å². The zero-order valence-electron chi connectivity index (χ0n) is 18.5. The van der Waals surface area contributed by atoms with Gasteiger partial charge in [0, 0.05) is 17.3 Å². The molecule has 3 rings (SSSR count). The molecule has 164 valence electrons. The van der Waals surface area contributed by atoms with Crippen LogP contribution in [0.3, 0.4) is 0 Å². The third-order valence-corrected chi connectivity index (χ3v) is 4.78. The van der Waals surface area contributed by atoms with E-state index in [0.717, 1.165) is 22.4 Å². The number of aryl methyl sites for hydroxylation is 2. The minimum Gasteiger partial charge on any atom is -0.493 e. The molecule has 6 nitrogen and oxygen atoms in total. The number of hydrogen-bond donors (Lipinski definition) is 1. The van der Waals surface area contributed by atoms with Gasteiger partial charge in [0.15, 0.2) is 11.5 Å². The summed E-state index contributed by atoms with van der Waals surface area (Å²) in [6.45, 7) is 3.95. The summed E-state index contributed by atoms with van der Waals surface area (Å²) in [6.07, 6.45) is 2.94. The van der Waals surface area contributed by atoms with Crippen molar-refractivity contribution in [3.63, 3.8) is 0 Å². The first kappa shape index (κ1) is 22.6. The van der Waals surface area contributed by atoms with Gasteiger partial charge in [-0.2, -0.15) is 0 Å². The summed E-state index contributed by atoms with van der Waals surface area (Å²) < 4.78 is 15.8. The summed E-state index contributed by atoms with van der Waals surface area (Å²) in [5, 5.41) is 2.89. The Morgan fingerprint density at radius 3 is 2.22 bits per heavy atom. The van der Waals surface area contributed by atoms with E-state index in [2.05, 4.69) is 5.32 Å². The van der Waals surface area contributed by atoms with Crippen LogP contribution in [0.2, 0.25) is 0 Å². The molecule has 1 N–H and O–H groups in total. The standard InChI is InChI=1S/C26H25NO5/c1-17-5-12-22(18(2)15-17)27-26(29)20-8-10-21(11-9-20)32-25(28)14-7-19-6-13-23(30-3)24(16-19)31-4/h5-16H,1-4H3,(H,27,29)/b14-7+. The first-order valence-electron chi connectivity index (χ1n) is 10.00. The molecule has 0 aliphatic rings. The third kappa shape index (κ3) is 5.76. The Hall–Kier alpha value is -4.06. The SMILES string of the molecule is COc1ccc(/C=C/C(=O)Oc2ccc(C(=O)Nc3ccc(C)cc3C)cc2)cc1OC. The van der Waals surface area contributed by atoms with Crippen molar-refractivity contribution >= 4 is 23.6 Å². The molecule has 0 aliphatic heterocycles. The lowest BCUT2D eigenvalue weighted by atomic mass is 10.1. The van der Waals surface area contributed by atoms with Crippen LogP contribution in [0.4, 0.5) is 5.69 Å². The number of nitrogens with one attached hydrogen (secondary N) is 1. The normalized spacial score (nSPS) is 10.6. The van der Waals surface area contributed by atoms with Crippen LogP contribution in [0, 0.1) is 13.8 Å². The second-order valence-electron chi connectivity index (χ2n) is 7.17. The van der Waals surface area contributed by atoms with E-state index in [4.69, 9.17) is 14.2 Å². The third-order valence-electron chi connectivity index (χ3n) is 4.78. The zero-order valence-corrected chi connectivity index (χ0v) is 18.5. The molecule has 3 aromatic rings. The minimum absolute atomic E-state index is 0.233. The van der Waals surface area contributed by atoms with Crippen LogP contribution < -0.4 is 19.5 Å². The molecule has 6 heteroatoms. The van der Waals surface area contributed by atoms with Gasteiger partial charge >= 0.3 is 5.97 Å². The van der Waals surface area contributed by atoms with E-state index in [1.165, 1.54) is 6.08 Å². The second-order valence-corrected chi connectivity index (χ2v) is 7.17. The summed E-state index contributed by atoms with van der Waals surface area (Å²) in [5.41, 5.74) is 4.11. The summed E-state index contributed by atoms with van der Waals surface area (Å²) in [5.74, 6) is 0.747. The maximum atomic E-state index is 12.5. The fraction of sp³-hybridized carbons (Fsp3) is 0.154. The van der Waals surface area contributed by atoms with Crippen LogP contribution in [0.1, 0.15) is 27.0 Å². The molecule has 0 aromatic heterocycles. The van der Waals surface area contributed by atoms with Gasteiger partial charge < -0.3 is 19.5 Å². The molecule has 1 amide bonds. The van der Waals surface area contributed by atoms with Crippen molar-refractivity contribution in [2.45, 2.75) is 13.8 Å². The maximum absolute atomic E-state index is 12.5. The molecule has 0 saturated carbocycles. The van der Waals surface area contributed by atoms with Crippen molar-refractivity contribution in [2.75, 3.05) is 19.5 Å². The molecule has 0 saturated heterocycles. The summed E-state index contributed by atoms with van der Waals surface area (Å²) in [6, 6.07) is 17.5. The fourth-order valence-corrected chi connectivity index (χ4v) is 3.09. The Morgan fingerprint density at radius 2 is 1.56 bits per heavy atom. The number of rotatable bonds is 7. The van der Waals surface area contributed by atoms with Gasteiger partial charge in [0.1, 0.15) is 5.75 Å². The van der Waals surface area contributed by atoms with Gasteiger partial charge in [0.25, 0.3) is 5.91 Å². The highest BCUT2D eigenvalue weighted by Crippen LogP contribution is 2.28. The van der Waals surface area contributed by atoms with E-state index < -0.39 is 5.97 Å². The Kier molecular flexibility index (Phi) is 7.29. The molecular weight excluding hydrogens is 406 g/mol. The van der Waals surface area contributed by atoms with Crippen LogP contribution in [-0.2, 0) is 4.79 Å². The molecule has 0 bridgehead atoms. The highest BCUT2D eigenvalue weighted by atomic mass is 16.5. The van der Waals surface area contributed by atoms with Crippen LogP contribution in [0.5, 0.6) is 17.2 Å². The van der Waals surface area contributed by atoms with Gasteiger partial charge in [-0.05, 0) is 73.5 Å². The molecule has 3 aromatic carbocycles. The molecule has 0 fully saturated rings. The molecule has 0 aliphatic carbocycles. The van der Waals surface area contributed by atoms with Gasteiger partial charge in [0.05, 0.1) is 14.2 Å². The highest BCUT2D eigenvalue weighted by molar-refractivity contribution is 6.04. The van der Waals surface area contributed by atoms with E-state index in [9.17, 15) is 9.59 Å². The van der Waals surface area contributed by atoms with E-state index in [-0.39, 0.29) is 5.91 Å². The van der Waals surface area contributed by atoms with Gasteiger partial charge in [0.2, 0.25) is 0 Å². The van der Waals surface area contributed by atoms with E-state index in [0.29, 0.717) is 22.8 Å². The number of carbonyl (C=O) groups is 2. The molecule has 0 heterocycles. The van der Waals surface area contributed by atoms with Crippen molar-refractivity contribution in [3.05, 3.63) is 89.0 Å². The predicted molar refractivity (Wildman–Crippen MR) is 125 cm³/mol. The number of benzene rings is 3. The quantitative estimate of drug-likeness (QED) is 0.317. The fourth-order valence-electron chi connectivity index (χ4n) is 3.09. The number of anilines is 1. The number of esters is 1. The van der Waals surface area contributed by atoms with Gasteiger partial charge in [-0.15, -0.1) is 0 Å². The Labute approximate surface area is 187 Å². The molecule has 0 unspecified atom stereocenters. The highest BCUT2D eigenvalue weighted by Gasteiger charge is 2.09. The Bertz CT molecular complexity index is 1150. The average molecular weight is 431 g/mol. The van der Waals surface area contributed by atoms with Crippen LogP contribution >= 0.6 is 0 Å². The molecule has 0 spiro atoms. The summed E-state index contributed by atoms with van der Waals surface area (Å²) in [4.78, 5) is 24.6. The van der Waals surface area contributed by atoms with Gasteiger partial charge in [-0.25, -0.2) is 4.79 Å². The van der Waals surface area contributed by atoms with Crippen molar-refractivity contribution in [1.29, 1.82) is 0 Å². The predicted octanol–water partition coefficient (Wildman–Crippen LogP) is 5.19.